The zero-order valence-electron chi connectivity index (χ0n) is 19.5. The van der Waals surface area contributed by atoms with Gasteiger partial charge in [-0.3, -0.25) is 14.2 Å². The van der Waals surface area contributed by atoms with E-state index in [-0.39, 0.29) is 33.6 Å². The van der Waals surface area contributed by atoms with Gasteiger partial charge in [-0.05, 0) is 43.4 Å². The minimum Gasteiger partial charge on any atom is -0.377 e. The summed E-state index contributed by atoms with van der Waals surface area (Å²) >= 11 is 0. The maximum absolute atomic E-state index is 13.3. The van der Waals surface area contributed by atoms with Crippen LogP contribution >= 0.6 is 0 Å². The van der Waals surface area contributed by atoms with Gasteiger partial charge < -0.3 is 10.1 Å². The summed E-state index contributed by atoms with van der Waals surface area (Å²) in [6.07, 6.45) is 2.45. The maximum Gasteiger partial charge on any atom is 0.271 e. The monoisotopic (exact) mass is 460 g/mol. The Bertz CT molecular complexity index is 1130. The lowest BCUT2D eigenvalue weighted by molar-refractivity contribution is 0.0901. The molecular weight excluding hydrogens is 428 g/mol. The molecule has 9 heteroatoms. The first-order chi connectivity index (χ1) is 14.9. The van der Waals surface area contributed by atoms with Gasteiger partial charge in [0.05, 0.1) is 18.1 Å². The highest BCUT2D eigenvalue weighted by Crippen LogP contribution is 2.32. The third-order valence-corrected chi connectivity index (χ3v) is 7.11. The van der Waals surface area contributed by atoms with Crippen LogP contribution in [0.15, 0.2) is 35.2 Å². The quantitative estimate of drug-likeness (QED) is 0.687. The second-order valence-corrected chi connectivity index (χ2v) is 10.9. The molecule has 174 valence electrons. The first kappa shape index (κ1) is 24.0. The Morgan fingerprint density at radius 3 is 2.44 bits per heavy atom. The summed E-state index contributed by atoms with van der Waals surface area (Å²) < 4.78 is 35.8. The van der Waals surface area contributed by atoms with E-state index in [9.17, 15) is 13.2 Å². The van der Waals surface area contributed by atoms with Gasteiger partial charge in [0.25, 0.3) is 15.9 Å². The summed E-state index contributed by atoms with van der Waals surface area (Å²) in [5.74, 6) is -0.386. The number of aromatic nitrogens is 2. The SMILES string of the molecule is Cc1ccc(S(=O)(=O)Nc2c(C3=CCOCC3)nn(C)c2C(=O)N[C@@H](C)C(C)(C)C)cc1. The van der Waals surface area contributed by atoms with Gasteiger partial charge in [0.1, 0.15) is 11.4 Å². The number of hydrogen-bond donors (Lipinski definition) is 2. The van der Waals surface area contributed by atoms with E-state index in [1.54, 1.807) is 31.3 Å². The van der Waals surface area contributed by atoms with Gasteiger partial charge in [-0.1, -0.05) is 44.5 Å². The summed E-state index contributed by atoms with van der Waals surface area (Å²) in [5, 5.41) is 7.51. The predicted molar refractivity (Wildman–Crippen MR) is 125 cm³/mol. The van der Waals surface area contributed by atoms with E-state index in [0.29, 0.717) is 25.3 Å². The zero-order chi connectivity index (χ0) is 23.7. The van der Waals surface area contributed by atoms with Crippen molar-refractivity contribution in [3.63, 3.8) is 0 Å². The van der Waals surface area contributed by atoms with Crippen LogP contribution in [0.25, 0.3) is 5.57 Å². The van der Waals surface area contributed by atoms with Gasteiger partial charge >= 0.3 is 0 Å². The maximum atomic E-state index is 13.3. The second-order valence-electron chi connectivity index (χ2n) is 9.23. The van der Waals surface area contributed by atoms with Gasteiger partial charge in [-0.15, -0.1) is 0 Å². The van der Waals surface area contributed by atoms with E-state index in [1.165, 1.54) is 4.68 Å². The molecule has 1 atom stereocenters. The minimum atomic E-state index is -3.93. The summed E-state index contributed by atoms with van der Waals surface area (Å²) in [6.45, 7) is 10.8. The van der Waals surface area contributed by atoms with Crippen molar-refractivity contribution in [1.29, 1.82) is 0 Å². The Morgan fingerprint density at radius 2 is 1.88 bits per heavy atom. The van der Waals surface area contributed by atoms with Crippen LogP contribution < -0.4 is 10.0 Å². The van der Waals surface area contributed by atoms with Crippen molar-refractivity contribution >= 4 is 27.2 Å². The van der Waals surface area contributed by atoms with Gasteiger partial charge in [0.2, 0.25) is 0 Å². The molecule has 0 spiro atoms. The second kappa shape index (κ2) is 9.07. The molecule has 2 aromatic rings. The molecule has 0 bridgehead atoms. The fourth-order valence-electron chi connectivity index (χ4n) is 3.24. The number of rotatable bonds is 6. The molecule has 32 heavy (non-hydrogen) atoms. The van der Waals surface area contributed by atoms with Crippen molar-refractivity contribution in [3.05, 3.63) is 47.3 Å². The van der Waals surface area contributed by atoms with Crippen LogP contribution in [-0.4, -0.2) is 43.4 Å². The van der Waals surface area contributed by atoms with E-state index in [4.69, 9.17) is 4.74 Å². The average molecular weight is 461 g/mol. The molecule has 1 aliphatic rings. The van der Waals surface area contributed by atoms with Gasteiger partial charge in [-0.25, -0.2) is 8.42 Å². The molecule has 2 N–H and O–H groups in total. The van der Waals surface area contributed by atoms with Crippen molar-refractivity contribution in [2.45, 2.75) is 52.0 Å². The lowest BCUT2D eigenvalue weighted by Gasteiger charge is -2.28. The minimum absolute atomic E-state index is 0.119. The van der Waals surface area contributed by atoms with Crippen molar-refractivity contribution in [2.24, 2.45) is 12.5 Å². The van der Waals surface area contributed by atoms with Crippen LogP contribution in [-0.2, 0) is 21.8 Å². The van der Waals surface area contributed by atoms with Crippen LogP contribution in [0.1, 0.15) is 55.9 Å². The molecule has 8 nitrogen and oxygen atoms in total. The Balaban J connectivity index is 2.07. The number of nitrogens with zero attached hydrogens (tertiary/aromatic N) is 2. The van der Waals surface area contributed by atoms with Crippen LogP contribution in [0.5, 0.6) is 0 Å². The first-order valence-corrected chi connectivity index (χ1v) is 12.1. The number of sulfonamides is 1. The molecule has 0 radical (unpaired) electrons. The smallest absolute Gasteiger partial charge is 0.271 e. The molecule has 1 aromatic carbocycles. The number of anilines is 1. The van der Waals surface area contributed by atoms with Crippen LogP contribution in [0.2, 0.25) is 0 Å². The molecule has 1 aliphatic heterocycles. The number of amides is 1. The van der Waals surface area contributed by atoms with Crippen LogP contribution in [0.3, 0.4) is 0 Å². The Kier molecular flexibility index (Phi) is 6.80. The summed E-state index contributed by atoms with van der Waals surface area (Å²) in [5.41, 5.74) is 2.42. The Hall–Kier alpha value is -2.65. The van der Waals surface area contributed by atoms with Crippen molar-refractivity contribution < 1.29 is 17.9 Å². The third kappa shape index (κ3) is 5.21. The largest absolute Gasteiger partial charge is 0.377 e. The number of benzene rings is 1. The van der Waals surface area contributed by atoms with Crippen LogP contribution in [0, 0.1) is 12.3 Å². The predicted octanol–water partition coefficient (Wildman–Crippen LogP) is 3.50. The van der Waals surface area contributed by atoms with Gasteiger partial charge in [0.15, 0.2) is 5.69 Å². The molecule has 0 unspecified atom stereocenters. The summed E-state index contributed by atoms with van der Waals surface area (Å²) in [6, 6.07) is 6.42. The number of nitrogens with one attached hydrogen (secondary N) is 2. The number of carbonyl (C=O) groups excluding carboxylic acids is 1. The molecule has 0 saturated heterocycles. The highest BCUT2D eigenvalue weighted by Gasteiger charge is 2.30. The summed E-state index contributed by atoms with van der Waals surface area (Å²) in [7, 11) is -2.29. The summed E-state index contributed by atoms with van der Waals surface area (Å²) in [4.78, 5) is 13.4. The molecule has 3 rings (SSSR count). The first-order valence-electron chi connectivity index (χ1n) is 10.6. The molecule has 0 saturated carbocycles. The Labute approximate surface area is 190 Å². The fourth-order valence-corrected chi connectivity index (χ4v) is 4.31. The normalized spacial score (nSPS) is 15.8. The van der Waals surface area contributed by atoms with Gasteiger partial charge in [-0.2, -0.15) is 5.10 Å². The molecule has 2 heterocycles. The average Bonchev–Trinajstić information content (AvgIpc) is 3.03. The Morgan fingerprint density at radius 1 is 1.22 bits per heavy atom. The lowest BCUT2D eigenvalue weighted by atomic mass is 9.88. The van der Waals surface area contributed by atoms with E-state index in [2.05, 4.69) is 15.1 Å². The number of carbonyl (C=O) groups is 1. The van der Waals surface area contributed by atoms with Crippen molar-refractivity contribution in [1.82, 2.24) is 15.1 Å². The standard InChI is InChI=1S/C23H32N4O4S/c1-15-7-9-18(10-8-15)32(29,30)26-20-19(17-11-13-31-14-12-17)25-27(6)21(20)22(28)24-16(2)23(3,4)5/h7-11,16,26H,12-14H2,1-6H3,(H,24,28)/t16-/m0/s1. The fraction of sp³-hybridized carbons (Fsp3) is 0.478. The molecular formula is C23H32N4O4S. The topological polar surface area (TPSA) is 102 Å². The van der Waals surface area contributed by atoms with Crippen molar-refractivity contribution in [2.75, 3.05) is 17.9 Å². The van der Waals surface area contributed by atoms with E-state index >= 15 is 0 Å². The van der Waals surface area contributed by atoms with E-state index in [0.717, 1.165) is 11.1 Å². The number of aryl methyl sites for hydroxylation is 2. The molecule has 1 amide bonds. The van der Waals surface area contributed by atoms with Crippen LogP contribution in [0.4, 0.5) is 5.69 Å². The molecule has 0 fully saturated rings. The molecule has 0 aliphatic carbocycles. The molecule has 1 aromatic heterocycles. The van der Waals surface area contributed by atoms with Gasteiger partial charge in [0, 0.05) is 13.1 Å². The van der Waals surface area contributed by atoms with E-state index < -0.39 is 10.0 Å². The highest BCUT2D eigenvalue weighted by molar-refractivity contribution is 7.92. The highest BCUT2D eigenvalue weighted by atomic mass is 32.2. The number of hydrogen-bond acceptors (Lipinski definition) is 5. The third-order valence-electron chi connectivity index (χ3n) is 5.74. The van der Waals surface area contributed by atoms with E-state index in [1.807, 2.05) is 40.7 Å². The zero-order valence-corrected chi connectivity index (χ0v) is 20.3. The van der Waals surface area contributed by atoms with Crippen molar-refractivity contribution in [3.8, 4) is 0 Å². The number of ether oxygens (including phenoxy) is 1. The lowest BCUT2D eigenvalue weighted by Crippen LogP contribution is -2.42.